The Balaban J connectivity index is 2.52. The minimum Gasteiger partial charge on any atom is -0.493 e. The summed E-state index contributed by atoms with van der Waals surface area (Å²) in [4.78, 5) is 0. The zero-order valence-electron chi connectivity index (χ0n) is 8.18. The van der Waals surface area contributed by atoms with E-state index >= 15 is 0 Å². The van der Waals surface area contributed by atoms with E-state index < -0.39 is 0 Å². The predicted molar refractivity (Wildman–Crippen MR) is 54.5 cm³/mol. The SMILES string of the molecule is CC(C)C1COc2ccc(Cl)c(F)c21. The van der Waals surface area contributed by atoms with E-state index in [-0.39, 0.29) is 16.8 Å². The summed E-state index contributed by atoms with van der Waals surface area (Å²) in [6, 6.07) is 3.28. The average Bonchev–Trinajstić information content (AvgIpc) is 2.55. The standard InChI is InChI=1S/C11H12ClFO/c1-6(2)7-5-14-9-4-3-8(12)11(13)10(7)9/h3-4,6-7H,5H2,1-2H3. The molecule has 0 aliphatic carbocycles. The predicted octanol–water partition coefficient (Wildman–Crippen LogP) is 3.61. The zero-order chi connectivity index (χ0) is 10.3. The minimum atomic E-state index is -0.319. The van der Waals surface area contributed by atoms with Crippen LogP contribution in [0.1, 0.15) is 25.3 Å². The first-order valence-electron chi connectivity index (χ1n) is 4.72. The highest BCUT2D eigenvalue weighted by atomic mass is 35.5. The van der Waals surface area contributed by atoms with Crippen molar-refractivity contribution in [2.45, 2.75) is 19.8 Å². The van der Waals surface area contributed by atoms with Crippen LogP contribution in [-0.4, -0.2) is 6.61 Å². The van der Waals surface area contributed by atoms with Crippen molar-refractivity contribution in [1.82, 2.24) is 0 Å². The molecule has 0 saturated heterocycles. The fraction of sp³-hybridized carbons (Fsp3) is 0.455. The van der Waals surface area contributed by atoms with Crippen molar-refractivity contribution in [2.75, 3.05) is 6.61 Å². The lowest BCUT2D eigenvalue weighted by molar-refractivity contribution is 0.303. The van der Waals surface area contributed by atoms with E-state index in [1.54, 1.807) is 12.1 Å². The van der Waals surface area contributed by atoms with Crippen LogP contribution in [-0.2, 0) is 0 Å². The van der Waals surface area contributed by atoms with Gasteiger partial charge in [0.1, 0.15) is 11.6 Å². The van der Waals surface area contributed by atoms with Crippen molar-refractivity contribution < 1.29 is 9.13 Å². The molecule has 0 fully saturated rings. The van der Waals surface area contributed by atoms with Crippen LogP contribution in [0.25, 0.3) is 0 Å². The van der Waals surface area contributed by atoms with E-state index in [1.165, 1.54) is 0 Å². The van der Waals surface area contributed by atoms with Crippen molar-refractivity contribution >= 4 is 11.6 Å². The van der Waals surface area contributed by atoms with Gasteiger partial charge in [-0.3, -0.25) is 0 Å². The van der Waals surface area contributed by atoms with Gasteiger partial charge in [-0.2, -0.15) is 0 Å². The van der Waals surface area contributed by atoms with Gasteiger partial charge in [-0.05, 0) is 18.1 Å². The smallest absolute Gasteiger partial charge is 0.149 e. The van der Waals surface area contributed by atoms with E-state index in [2.05, 4.69) is 13.8 Å². The highest BCUT2D eigenvalue weighted by molar-refractivity contribution is 6.30. The van der Waals surface area contributed by atoms with Gasteiger partial charge in [0.2, 0.25) is 0 Å². The third-order valence-corrected chi connectivity index (χ3v) is 2.98. The van der Waals surface area contributed by atoms with Gasteiger partial charge in [-0.25, -0.2) is 4.39 Å². The van der Waals surface area contributed by atoms with Crippen molar-refractivity contribution in [2.24, 2.45) is 5.92 Å². The monoisotopic (exact) mass is 214 g/mol. The largest absolute Gasteiger partial charge is 0.493 e. The molecule has 1 aliphatic heterocycles. The maximum Gasteiger partial charge on any atom is 0.149 e. The van der Waals surface area contributed by atoms with Crippen LogP contribution in [0.3, 0.4) is 0 Å². The summed E-state index contributed by atoms with van der Waals surface area (Å²) in [5, 5.41) is 0.180. The molecule has 0 radical (unpaired) electrons. The number of ether oxygens (including phenoxy) is 1. The first kappa shape index (κ1) is 9.78. The molecule has 1 aromatic rings. The number of fused-ring (bicyclic) bond motifs is 1. The molecule has 0 bridgehead atoms. The fourth-order valence-corrected chi connectivity index (χ4v) is 1.97. The van der Waals surface area contributed by atoms with E-state index in [0.29, 0.717) is 23.8 Å². The number of hydrogen-bond acceptors (Lipinski definition) is 1. The van der Waals surface area contributed by atoms with Crippen LogP contribution in [0.5, 0.6) is 5.75 Å². The first-order valence-corrected chi connectivity index (χ1v) is 5.09. The third kappa shape index (κ3) is 1.38. The Morgan fingerprint density at radius 2 is 2.21 bits per heavy atom. The van der Waals surface area contributed by atoms with Crippen LogP contribution >= 0.6 is 11.6 Å². The van der Waals surface area contributed by atoms with Crippen LogP contribution in [0, 0.1) is 11.7 Å². The summed E-state index contributed by atoms with van der Waals surface area (Å²) in [5.74, 6) is 0.818. The second-order valence-electron chi connectivity index (χ2n) is 3.93. The van der Waals surface area contributed by atoms with E-state index in [9.17, 15) is 4.39 Å². The van der Waals surface area contributed by atoms with Crippen molar-refractivity contribution in [3.8, 4) is 5.75 Å². The molecule has 1 unspecified atom stereocenters. The molecule has 0 N–H and O–H groups in total. The van der Waals surface area contributed by atoms with Crippen molar-refractivity contribution in [3.63, 3.8) is 0 Å². The molecule has 0 amide bonds. The average molecular weight is 215 g/mol. The summed E-state index contributed by atoms with van der Waals surface area (Å²) in [6.07, 6.45) is 0. The van der Waals surface area contributed by atoms with Gasteiger partial charge in [0.15, 0.2) is 0 Å². The molecule has 1 atom stereocenters. The van der Waals surface area contributed by atoms with Gasteiger partial charge < -0.3 is 4.74 Å². The second kappa shape index (κ2) is 3.43. The number of halogens is 2. The number of rotatable bonds is 1. The molecule has 3 heteroatoms. The molecular weight excluding hydrogens is 203 g/mol. The van der Waals surface area contributed by atoms with Gasteiger partial charge in [-0.1, -0.05) is 25.4 Å². The molecule has 14 heavy (non-hydrogen) atoms. The van der Waals surface area contributed by atoms with E-state index in [4.69, 9.17) is 16.3 Å². The minimum absolute atomic E-state index is 0.128. The lowest BCUT2D eigenvalue weighted by Crippen LogP contribution is -2.09. The van der Waals surface area contributed by atoms with E-state index in [1.807, 2.05) is 0 Å². The van der Waals surface area contributed by atoms with Crippen LogP contribution in [0.4, 0.5) is 4.39 Å². The van der Waals surface area contributed by atoms with Crippen LogP contribution in [0.2, 0.25) is 5.02 Å². The summed E-state index contributed by atoms with van der Waals surface area (Å²) >= 11 is 5.73. The molecule has 1 nitrogen and oxygen atoms in total. The third-order valence-electron chi connectivity index (χ3n) is 2.69. The Labute approximate surface area is 87.8 Å². The molecule has 1 heterocycles. The first-order chi connectivity index (χ1) is 6.61. The van der Waals surface area contributed by atoms with Gasteiger partial charge >= 0.3 is 0 Å². The van der Waals surface area contributed by atoms with Gasteiger partial charge in [0.25, 0.3) is 0 Å². The Kier molecular flexibility index (Phi) is 2.40. The summed E-state index contributed by atoms with van der Waals surface area (Å²) < 4.78 is 19.1. The summed E-state index contributed by atoms with van der Waals surface area (Å²) in [5.41, 5.74) is 0.646. The van der Waals surface area contributed by atoms with Gasteiger partial charge in [-0.15, -0.1) is 0 Å². The number of benzene rings is 1. The Bertz CT molecular complexity index is 363. The molecular formula is C11H12ClFO. The fourth-order valence-electron chi connectivity index (χ4n) is 1.81. The molecule has 1 aliphatic rings. The van der Waals surface area contributed by atoms with Gasteiger partial charge in [0, 0.05) is 11.5 Å². The molecule has 0 aromatic heterocycles. The quantitative estimate of drug-likeness (QED) is 0.694. The van der Waals surface area contributed by atoms with Crippen LogP contribution in [0.15, 0.2) is 12.1 Å². The Hall–Kier alpha value is -0.760. The normalized spacial score (nSPS) is 19.6. The summed E-state index contributed by atoms with van der Waals surface area (Å²) in [7, 11) is 0. The second-order valence-corrected chi connectivity index (χ2v) is 4.34. The topological polar surface area (TPSA) is 9.23 Å². The Morgan fingerprint density at radius 1 is 1.50 bits per heavy atom. The van der Waals surface area contributed by atoms with E-state index in [0.717, 1.165) is 0 Å². The highest BCUT2D eigenvalue weighted by Crippen LogP contribution is 2.41. The molecule has 76 valence electrons. The van der Waals surface area contributed by atoms with Gasteiger partial charge in [0.05, 0.1) is 11.6 Å². The molecule has 2 rings (SSSR count). The Morgan fingerprint density at radius 3 is 2.86 bits per heavy atom. The lowest BCUT2D eigenvalue weighted by atomic mass is 9.90. The molecule has 0 spiro atoms. The van der Waals surface area contributed by atoms with Crippen molar-refractivity contribution in [1.29, 1.82) is 0 Å². The number of hydrogen-bond donors (Lipinski definition) is 0. The molecule has 0 saturated carbocycles. The zero-order valence-corrected chi connectivity index (χ0v) is 8.94. The lowest BCUT2D eigenvalue weighted by Gasteiger charge is -2.13. The molecule has 1 aromatic carbocycles. The maximum absolute atomic E-state index is 13.7. The van der Waals surface area contributed by atoms with Crippen molar-refractivity contribution in [3.05, 3.63) is 28.5 Å². The highest BCUT2D eigenvalue weighted by Gasteiger charge is 2.30. The summed E-state index contributed by atoms with van der Waals surface area (Å²) in [6.45, 7) is 4.68. The van der Waals surface area contributed by atoms with Crippen LogP contribution < -0.4 is 4.74 Å². The maximum atomic E-state index is 13.7.